The van der Waals surface area contributed by atoms with E-state index in [2.05, 4.69) is 0 Å². The van der Waals surface area contributed by atoms with Crippen LogP contribution < -0.4 is 11.1 Å². The molecule has 0 atom stereocenters. The van der Waals surface area contributed by atoms with Crippen molar-refractivity contribution >= 4 is 5.91 Å². The van der Waals surface area contributed by atoms with E-state index in [0.29, 0.717) is 6.42 Å². The van der Waals surface area contributed by atoms with Crippen LogP contribution in [0.1, 0.15) is 25.7 Å². The Morgan fingerprint density at radius 2 is 0.789 bits per heavy atom. The van der Waals surface area contributed by atoms with E-state index >= 15 is 0 Å². The first-order valence-corrected chi connectivity index (χ1v) is 9.56. The molecule has 0 aromatic rings. The van der Waals surface area contributed by atoms with Gasteiger partial charge in [-0.1, -0.05) is 12.8 Å². The van der Waals surface area contributed by atoms with Crippen molar-refractivity contribution in [2.24, 2.45) is 5.73 Å². The summed E-state index contributed by atoms with van der Waals surface area (Å²) in [6.45, 7) is -0.951. The minimum Gasteiger partial charge on any atom is -0.351 e. The molecule has 0 saturated carbocycles. The highest BCUT2D eigenvalue weighted by Crippen LogP contribution is 2.65. The van der Waals surface area contributed by atoms with Gasteiger partial charge in [0.25, 0.3) is 5.91 Å². The Bertz CT molecular complexity index is 820. The number of unbranched alkanes of at least 4 members (excludes halogenated alkanes) is 3. The molecule has 3 N–H and O–H groups in total. The average Bonchev–Trinajstić information content (AvgIpc) is 2.73. The Labute approximate surface area is 198 Å². The maximum atomic E-state index is 13.7. The van der Waals surface area contributed by atoms with E-state index in [-0.39, 0.29) is 25.8 Å². The number of rotatable bonds is 14. The third-order valence-corrected chi connectivity index (χ3v) is 4.82. The summed E-state index contributed by atoms with van der Waals surface area (Å²) in [6.07, 6.45) is -7.73. The van der Waals surface area contributed by atoms with Crippen LogP contribution in [0.2, 0.25) is 0 Å². The second-order valence-electron chi connectivity index (χ2n) is 7.55. The van der Waals surface area contributed by atoms with Crippen LogP contribution >= 0.6 is 0 Å². The highest BCUT2D eigenvalue weighted by atomic mass is 19.4. The summed E-state index contributed by atoms with van der Waals surface area (Å²) in [5.41, 5.74) is 5.08. The number of alkyl halides is 19. The highest BCUT2D eigenvalue weighted by molar-refractivity contribution is 5.84. The van der Waals surface area contributed by atoms with Crippen molar-refractivity contribution < 1.29 is 88.2 Å². The van der Waals surface area contributed by atoms with Gasteiger partial charge in [-0.2, -0.15) is 83.4 Å². The molecule has 0 spiro atoms. The van der Waals surface area contributed by atoms with Crippen molar-refractivity contribution in [2.75, 3.05) is 13.1 Å². The van der Waals surface area contributed by atoms with Gasteiger partial charge in [-0.3, -0.25) is 4.79 Å². The molecule has 38 heavy (non-hydrogen) atoms. The van der Waals surface area contributed by atoms with Crippen molar-refractivity contribution in [3.63, 3.8) is 0 Å². The topological polar surface area (TPSA) is 55.1 Å². The third kappa shape index (κ3) is 5.28. The zero-order valence-corrected chi connectivity index (χ0v) is 17.9. The van der Waals surface area contributed by atoms with Gasteiger partial charge in [0.05, 0.1) is 0 Å². The van der Waals surface area contributed by atoms with Gasteiger partial charge in [0.15, 0.2) is 0 Å². The molecule has 0 rings (SSSR count). The van der Waals surface area contributed by atoms with Gasteiger partial charge >= 0.3 is 53.6 Å². The number of nitrogens with one attached hydrogen (secondary N) is 1. The lowest BCUT2D eigenvalue weighted by atomic mass is 9.87. The quantitative estimate of drug-likeness (QED) is 0.180. The smallest absolute Gasteiger partial charge is 0.351 e. The molecule has 228 valence electrons. The molecule has 0 aliphatic rings. The van der Waals surface area contributed by atoms with Gasteiger partial charge in [-0.25, -0.2) is 0 Å². The maximum absolute atomic E-state index is 13.7. The van der Waals surface area contributed by atoms with Crippen molar-refractivity contribution in [1.82, 2.24) is 5.32 Å². The fourth-order valence-electron chi connectivity index (χ4n) is 2.44. The zero-order chi connectivity index (χ0) is 31.0. The van der Waals surface area contributed by atoms with Gasteiger partial charge in [-0.05, 0) is 19.4 Å². The summed E-state index contributed by atoms with van der Waals surface area (Å²) < 4.78 is 251. The number of amides is 1. The summed E-state index contributed by atoms with van der Waals surface area (Å²) >= 11 is 0. The van der Waals surface area contributed by atoms with Crippen molar-refractivity contribution in [1.29, 1.82) is 0 Å². The Balaban J connectivity index is 6.43. The van der Waals surface area contributed by atoms with Crippen molar-refractivity contribution in [3.05, 3.63) is 0 Å². The standard InChI is InChI=1S/C16H15F19N2O/c17-8(18,7(38)37-6-4-2-1-3-5-36)9(19,20)10(21,22)11(23,24)12(25,26)13(27,28)14(29,30)15(31,32)16(33,34)35/h1-6,36H2,(H,37,38). The van der Waals surface area contributed by atoms with Crippen molar-refractivity contribution in [2.45, 2.75) is 79.2 Å². The molecule has 0 aliphatic heterocycles. The minimum absolute atomic E-state index is 0.0196. The molecule has 0 aromatic carbocycles. The summed E-state index contributed by atoms with van der Waals surface area (Å²) in [5, 5.41) is 0.801. The van der Waals surface area contributed by atoms with E-state index in [0.717, 1.165) is 5.32 Å². The van der Waals surface area contributed by atoms with Gasteiger partial charge < -0.3 is 11.1 Å². The number of nitrogens with two attached hydrogens (primary N) is 1. The number of carbonyl (C=O) groups is 1. The first kappa shape index (κ1) is 36.1. The molecule has 22 heteroatoms. The average molecular weight is 612 g/mol. The molecule has 0 unspecified atom stereocenters. The maximum Gasteiger partial charge on any atom is 0.460 e. The number of hydrogen-bond donors (Lipinski definition) is 2. The largest absolute Gasteiger partial charge is 0.460 e. The van der Waals surface area contributed by atoms with Gasteiger partial charge in [0.1, 0.15) is 0 Å². The second kappa shape index (κ2) is 10.6. The zero-order valence-electron chi connectivity index (χ0n) is 17.9. The minimum atomic E-state index is -9.01. The molecule has 1 amide bonds. The molecule has 0 saturated heterocycles. The van der Waals surface area contributed by atoms with Crippen LogP contribution in [0, 0.1) is 0 Å². The Morgan fingerprint density at radius 3 is 1.13 bits per heavy atom. The highest BCUT2D eigenvalue weighted by Gasteiger charge is 2.97. The molecule has 0 heterocycles. The van der Waals surface area contributed by atoms with Crippen LogP contribution in [0.3, 0.4) is 0 Å². The van der Waals surface area contributed by atoms with Gasteiger partial charge in [0.2, 0.25) is 0 Å². The lowest BCUT2D eigenvalue weighted by Gasteiger charge is -2.43. The number of halogens is 19. The van der Waals surface area contributed by atoms with Crippen LogP contribution in [-0.4, -0.2) is 72.6 Å². The Morgan fingerprint density at radius 1 is 0.474 bits per heavy atom. The Kier molecular flexibility index (Phi) is 10.1. The van der Waals surface area contributed by atoms with E-state index in [1.54, 1.807) is 0 Å². The number of hydrogen-bond acceptors (Lipinski definition) is 2. The van der Waals surface area contributed by atoms with Gasteiger partial charge in [-0.15, -0.1) is 0 Å². The van der Waals surface area contributed by atoms with E-state index in [9.17, 15) is 88.2 Å². The van der Waals surface area contributed by atoms with E-state index in [1.807, 2.05) is 0 Å². The predicted molar refractivity (Wildman–Crippen MR) is 86.2 cm³/mol. The summed E-state index contributed by atoms with van der Waals surface area (Å²) in [5.74, 6) is -71.6. The molecular weight excluding hydrogens is 597 g/mol. The van der Waals surface area contributed by atoms with E-state index in [1.165, 1.54) is 0 Å². The summed E-state index contributed by atoms with van der Waals surface area (Å²) in [6, 6.07) is 0. The van der Waals surface area contributed by atoms with Crippen molar-refractivity contribution in [3.8, 4) is 0 Å². The second-order valence-corrected chi connectivity index (χ2v) is 7.55. The van der Waals surface area contributed by atoms with Crippen LogP contribution in [0.25, 0.3) is 0 Å². The molecule has 0 aromatic heterocycles. The van der Waals surface area contributed by atoms with Gasteiger partial charge in [0, 0.05) is 6.54 Å². The number of carbonyl (C=O) groups excluding carboxylic acids is 1. The monoisotopic (exact) mass is 612 g/mol. The SMILES string of the molecule is NCCCCCCNC(=O)C(F)(F)C(F)(F)C(F)(F)C(F)(F)C(F)(F)C(F)(F)C(F)(F)C(F)(F)C(F)(F)F. The molecular formula is C16H15F19N2O. The fraction of sp³-hybridized carbons (Fsp3) is 0.938. The van der Waals surface area contributed by atoms with Crippen LogP contribution in [0.15, 0.2) is 0 Å². The third-order valence-electron chi connectivity index (χ3n) is 4.82. The lowest BCUT2D eigenvalue weighted by Crippen LogP contribution is -2.76. The molecule has 0 fully saturated rings. The molecule has 0 aliphatic carbocycles. The lowest BCUT2D eigenvalue weighted by molar-refractivity contribution is -0.467. The van der Waals surface area contributed by atoms with Crippen LogP contribution in [0.5, 0.6) is 0 Å². The van der Waals surface area contributed by atoms with E-state index < -0.39 is 66.0 Å². The first-order valence-electron chi connectivity index (χ1n) is 9.56. The molecule has 0 bridgehead atoms. The van der Waals surface area contributed by atoms with E-state index in [4.69, 9.17) is 5.73 Å². The molecule has 3 nitrogen and oxygen atoms in total. The fourth-order valence-corrected chi connectivity index (χ4v) is 2.44. The predicted octanol–water partition coefficient (Wildman–Crippen LogP) is 6.27. The molecule has 0 radical (unpaired) electrons. The first-order chi connectivity index (χ1) is 16.5. The summed E-state index contributed by atoms with van der Waals surface area (Å²) in [4.78, 5) is 11.2. The normalized spacial score (nSPS) is 15.6. The van der Waals surface area contributed by atoms with Crippen LogP contribution in [0.4, 0.5) is 83.4 Å². The summed E-state index contributed by atoms with van der Waals surface area (Å²) in [7, 11) is 0. The Hall–Kier alpha value is -1.90. The van der Waals surface area contributed by atoms with Crippen LogP contribution in [-0.2, 0) is 4.79 Å².